The average molecular weight is 332 g/mol. The van der Waals surface area contributed by atoms with E-state index in [0.29, 0.717) is 25.4 Å². The van der Waals surface area contributed by atoms with Crippen LogP contribution in [0.2, 0.25) is 0 Å². The summed E-state index contributed by atoms with van der Waals surface area (Å²) in [5.74, 6) is 1.07. The van der Waals surface area contributed by atoms with Gasteiger partial charge in [0.25, 0.3) is 0 Å². The van der Waals surface area contributed by atoms with Crippen molar-refractivity contribution in [2.24, 2.45) is 17.8 Å². The molecule has 1 aromatic carbocycles. The number of benzene rings is 1. The molecule has 1 saturated carbocycles. The van der Waals surface area contributed by atoms with Crippen molar-refractivity contribution in [3.8, 4) is 5.75 Å². The molecule has 24 heavy (non-hydrogen) atoms. The van der Waals surface area contributed by atoms with Crippen molar-refractivity contribution in [1.29, 1.82) is 0 Å². The van der Waals surface area contributed by atoms with Crippen LogP contribution in [0, 0.1) is 17.8 Å². The van der Waals surface area contributed by atoms with Crippen LogP contribution in [0.1, 0.15) is 46.0 Å². The molecule has 0 aliphatic heterocycles. The van der Waals surface area contributed by atoms with Gasteiger partial charge in [-0.1, -0.05) is 44.9 Å². The van der Waals surface area contributed by atoms with Crippen molar-refractivity contribution in [3.63, 3.8) is 0 Å². The van der Waals surface area contributed by atoms with Gasteiger partial charge in [0.15, 0.2) is 0 Å². The number of hydrogen-bond acceptors (Lipinski definition) is 4. The second-order valence-corrected chi connectivity index (χ2v) is 6.63. The van der Waals surface area contributed by atoms with Gasteiger partial charge in [0.2, 0.25) is 0 Å². The van der Waals surface area contributed by atoms with E-state index in [1.807, 2.05) is 37.3 Å². The monoisotopic (exact) mass is 332 g/mol. The molecule has 0 heterocycles. The summed E-state index contributed by atoms with van der Waals surface area (Å²) in [6.45, 7) is 4.61. The number of para-hydroxylation sites is 1. The predicted molar refractivity (Wildman–Crippen MR) is 92.8 cm³/mol. The highest BCUT2D eigenvalue weighted by Crippen LogP contribution is 2.38. The van der Waals surface area contributed by atoms with Gasteiger partial charge in [-0.15, -0.1) is 0 Å². The summed E-state index contributed by atoms with van der Waals surface area (Å²) >= 11 is 0. The number of ketones is 1. The Hall–Kier alpha value is -1.84. The summed E-state index contributed by atoms with van der Waals surface area (Å²) in [5.41, 5.74) is 0. The molecule has 2 rings (SSSR count). The Balaban J connectivity index is 1.75. The Morgan fingerprint density at radius 1 is 1.21 bits per heavy atom. The minimum atomic E-state index is -0.227. The summed E-state index contributed by atoms with van der Waals surface area (Å²) in [6.07, 6.45) is 4.40. The van der Waals surface area contributed by atoms with Gasteiger partial charge in [-0.2, -0.15) is 0 Å². The third-order valence-electron chi connectivity index (χ3n) is 4.84. The molecule has 3 atom stereocenters. The van der Waals surface area contributed by atoms with Gasteiger partial charge in [0, 0.05) is 12.8 Å². The molecule has 1 aromatic rings. The summed E-state index contributed by atoms with van der Waals surface area (Å²) in [5, 5.41) is 0. The maximum absolute atomic E-state index is 12.3. The van der Waals surface area contributed by atoms with Crippen LogP contribution in [-0.4, -0.2) is 25.0 Å². The van der Waals surface area contributed by atoms with Crippen molar-refractivity contribution in [3.05, 3.63) is 30.3 Å². The molecule has 0 saturated heterocycles. The molecule has 1 fully saturated rings. The quantitative estimate of drug-likeness (QED) is 0.506. The van der Waals surface area contributed by atoms with Crippen LogP contribution in [0.3, 0.4) is 0 Å². The third-order valence-corrected chi connectivity index (χ3v) is 4.84. The highest BCUT2D eigenvalue weighted by molar-refractivity contribution is 5.83. The number of ether oxygens (including phenoxy) is 2. The van der Waals surface area contributed by atoms with E-state index in [1.165, 1.54) is 0 Å². The van der Waals surface area contributed by atoms with Crippen LogP contribution < -0.4 is 4.74 Å². The molecule has 0 aromatic heterocycles. The van der Waals surface area contributed by atoms with Crippen LogP contribution in [0.5, 0.6) is 5.75 Å². The first kappa shape index (κ1) is 18.5. The first-order valence-electron chi connectivity index (χ1n) is 8.98. The maximum atomic E-state index is 12.3. The van der Waals surface area contributed by atoms with E-state index >= 15 is 0 Å². The van der Waals surface area contributed by atoms with Crippen LogP contribution in [0.4, 0.5) is 0 Å². The molecule has 1 aliphatic rings. The summed E-state index contributed by atoms with van der Waals surface area (Å²) in [7, 11) is 0. The molecular weight excluding hydrogens is 304 g/mol. The second-order valence-electron chi connectivity index (χ2n) is 6.63. The van der Waals surface area contributed by atoms with Gasteiger partial charge in [0.05, 0.1) is 5.92 Å². The van der Waals surface area contributed by atoms with Gasteiger partial charge in [-0.25, -0.2) is 0 Å². The standard InChI is InChI=1S/C20H28O4/c1-3-4-8-16-13-17(21)14-19(16)15(2)20(22)24-12-11-23-18-9-6-5-7-10-18/h5-7,9-10,15-16,19H,3-4,8,11-14H2,1-2H3. The molecule has 0 amide bonds. The first-order chi connectivity index (χ1) is 11.6. The number of carbonyl (C=O) groups excluding carboxylic acids is 2. The summed E-state index contributed by atoms with van der Waals surface area (Å²) < 4.78 is 10.9. The molecule has 3 unspecified atom stereocenters. The Morgan fingerprint density at radius 3 is 2.67 bits per heavy atom. The maximum Gasteiger partial charge on any atom is 0.309 e. The number of hydrogen-bond donors (Lipinski definition) is 0. The minimum Gasteiger partial charge on any atom is -0.490 e. The molecule has 132 valence electrons. The minimum absolute atomic E-state index is 0.131. The molecule has 0 bridgehead atoms. The van der Waals surface area contributed by atoms with Crippen molar-refractivity contribution < 1.29 is 19.1 Å². The number of unbranched alkanes of at least 4 members (excludes halogenated alkanes) is 1. The number of carbonyl (C=O) groups is 2. The number of esters is 1. The average Bonchev–Trinajstić information content (AvgIpc) is 2.97. The Bertz CT molecular complexity index is 526. The lowest BCUT2D eigenvalue weighted by Crippen LogP contribution is -2.27. The zero-order chi connectivity index (χ0) is 17.4. The topological polar surface area (TPSA) is 52.6 Å². The predicted octanol–water partition coefficient (Wildman–Crippen LogP) is 4.03. The summed E-state index contributed by atoms with van der Waals surface area (Å²) in [6, 6.07) is 9.46. The van der Waals surface area contributed by atoms with Gasteiger partial charge in [-0.3, -0.25) is 9.59 Å². The normalized spacial score (nSPS) is 21.5. The van der Waals surface area contributed by atoms with E-state index in [9.17, 15) is 9.59 Å². The fraction of sp³-hybridized carbons (Fsp3) is 0.600. The van der Waals surface area contributed by atoms with E-state index < -0.39 is 0 Å². The zero-order valence-electron chi connectivity index (χ0n) is 14.7. The lowest BCUT2D eigenvalue weighted by molar-refractivity contribution is -0.151. The lowest BCUT2D eigenvalue weighted by Gasteiger charge is -2.23. The van der Waals surface area contributed by atoms with Gasteiger partial charge < -0.3 is 9.47 Å². The second kappa shape index (κ2) is 9.45. The lowest BCUT2D eigenvalue weighted by atomic mass is 9.82. The van der Waals surface area contributed by atoms with E-state index in [4.69, 9.17) is 9.47 Å². The smallest absolute Gasteiger partial charge is 0.309 e. The Kier molecular flexibility index (Phi) is 7.29. The van der Waals surface area contributed by atoms with Crippen molar-refractivity contribution in [1.82, 2.24) is 0 Å². The van der Waals surface area contributed by atoms with Gasteiger partial charge >= 0.3 is 5.97 Å². The number of Topliss-reactive ketones (excluding diaryl/α,β-unsaturated/α-hetero) is 1. The van der Waals surface area contributed by atoms with E-state index in [0.717, 1.165) is 25.0 Å². The molecule has 0 spiro atoms. The van der Waals surface area contributed by atoms with Crippen LogP contribution in [0.15, 0.2) is 30.3 Å². The molecular formula is C20H28O4. The SMILES string of the molecule is CCCCC1CC(=O)CC1C(C)C(=O)OCCOc1ccccc1. The van der Waals surface area contributed by atoms with Crippen LogP contribution >= 0.6 is 0 Å². The van der Waals surface area contributed by atoms with Crippen LogP contribution in [0.25, 0.3) is 0 Å². The largest absolute Gasteiger partial charge is 0.490 e. The van der Waals surface area contributed by atoms with Crippen molar-refractivity contribution >= 4 is 11.8 Å². The van der Waals surface area contributed by atoms with Gasteiger partial charge in [0.1, 0.15) is 24.7 Å². The highest BCUT2D eigenvalue weighted by atomic mass is 16.6. The zero-order valence-corrected chi connectivity index (χ0v) is 14.7. The third kappa shape index (κ3) is 5.36. The van der Waals surface area contributed by atoms with Gasteiger partial charge in [-0.05, 0) is 30.4 Å². The molecule has 4 nitrogen and oxygen atoms in total. The van der Waals surface area contributed by atoms with E-state index in [2.05, 4.69) is 6.92 Å². The van der Waals surface area contributed by atoms with Crippen LogP contribution in [-0.2, 0) is 14.3 Å². The summed E-state index contributed by atoms with van der Waals surface area (Å²) in [4.78, 5) is 24.1. The molecule has 0 N–H and O–H groups in total. The van der Waals surface area contributed by atoms with Crippen molar-refractivity contribution in [2.75, 3.05) is 13.2 Å². The molecule has 1 aliphatic carbocycles. The van der Waals surface area contributed by atoms with Crippen molar-refractivity contribution in [2.45, 2.75) is 46.0 Å². The fourth-order valence-corrected chi connectivity index (χ4v) is 3.45. The van der Waals surface area contributed by atoms with E-state index in [1.54, 1.807) is 0 Å². The molecule has 0 radical (unpaired) electrons. The molecule has 4 heteroatoms. The first-order valence-corrected chi connectivity index (χ1v) is 8.98. The Labute approximate surface area is 144 Å². The highest BCUT2D eigenvalue weighted by Gasteiger charge is 2.39. The van der Waals surface area contributed by atoms with E-state index in [-0.39, 0.29) is 30.2 Å². The number of rotatable bonds is 9. The fourth-order valence-electron chi connectivity index (χ4n) is 3.45. The Morgan fingerprint density at radius 2 is 1.96 bits per heavy atom.